The van der Waals surface area contributed by atoms with Gasteiger partial charge in [-0.3, -0.25) is 4.79 Å². The zero-order valence-corrected chi connectivity index (χ0v) is 14.5. The molecule has 2 aromatic carbocycles. The topological polar surface area (TPSA) is 73.4 Å². The van der Waals surface area contributed by atoms with Crippen LogP contribution in [0.1, 0.15) is 11.4 Å². The van der Waals surface area contributed by atoms with E-state index in [1.54, 1.807) is 6.07 Å². The van der Waals surface area contributed by atoms with Gasteiger partial charge in [-0.05, 0) is 18.1 Å². The van der Waals surface area contributed by atoms with Gasteiger partial charge >= 0.3 is 0 Å². The molecule has 0 fully saturated rings. The Labute approximate surface area is 145 Å². The molecule has 1 aromatic heterocycles. The van der Waals surface area contributed by atoms with Crippen LogP contribution >= 0.6 is 0 Å². The van der Waals surface area contributed by atoms with Crippen molar-refractivity contribution >= 4 is 10.9 Å². The van der Waals surface area contributed by atoms with Crippen molar-refractivity contribution in [2.45, 2.75) is 12.8 Å². The van der Waals surface area contributed by atoms with Crippen molar-refractivity contribution in [3.05, 3.63) is 58.1 Å². The van der Waals surface area contributed by atoms with Gasteiger partial charge < -0.3 is 19.2 Å². The molecule has 1 N–H and O–H groups in total. The van der Waals surface area contributed by atoms with Crippen LogP contribution in [0.2, 0.25) is 0 Å². The summed E-state index contributed by atoms with van der Waals surface area (Å²) in [6, 6.07) is 11.7. The van der Waals surface area contributed by atoms with Crippen molar-refractivity contribution < 1.29 is 14.2 Å². The summed E-state index contributed by atoms with van der Waals surface area (Å²) in [6.07, 6.45) is 1.40. The van der Waals surface area contributed by atoms with Gasteiger partial charge in [-0.1, -0.05) is 30.3 Å². The first-order valence-corrected chi connectivity index (χ1v) is 7.93. The SMILES string of the molecule is COc1cc2c(=O)[nH]c(CCc3ccccc3)nc2c(OC)c1OC. The predicted octanol–water partition coefficient (Wildman–Crippen LogP) is 2.73. The lowest BCUT2D eigenvalue weighted by molar-refractivity contribution is 0.326. The minimum Gasteiger partial charge on any atom is -0.493 e. The van der Waals surface area contributed by atoms with Gasteiger partial charge in [0.15, 0.2) is 11.5 Å². The number of hydrogen-bond acceptors (Lipinski definition) is 5. The van der Waals surface area contributed by atoms with Crippen molar-refractivity contribution in [2.75, 3.05) is 21.3 Å². The number of aryl methyl sites for hydroxylation is 2. The Hall–Kier alpha value is -3.02. The number of aromatic nitrogens is 2. The molecule has 0 unspecified atom stereocenters. The van der Waals surface area contributed by atoms with Gasteiger partial charge in [0.05, 0.1) is 26.7 Å². The van der Waals surface area contributed by atoms with Crippen LogP contribution in [-0.4, -0.2) is 31.3 Å². The average molecular weight is 340 g/mol. The second-order valence-electron chi connectivity index (χ2n) is 5.54. The molecule has 0 amide bonds. The summed E-state index contributed by atoms with van der Waals surface area (Å²) < 4.78 is 16.1. The molecule has 0 saturated heterocycles. The number of benzene rings is 2. The zero-order valence-electron chi connectivity index (χ0n) is 14.5. The van der Waals surface area contributed by atoms with E-state index in [0.717, 1.165) is 6.42 Å². The molecule has 0 radical (unpaired) electrons. The maximum Gasteiger partial charge on any atom is 0.259 e. The number of ether oxygens (including phenoxy) is 3. The molecule has 0 spiro atoms. The minimum absolute atomic E-state index is 0.229. The average Bonchev–Trinajstić information content (AvgIpc) is 2.65. The number of rotatable bonds is 6. The molecular formula is C19H20N2O4. The molecule has 3 rings (SSSR count). The van der Waals surface area contributed by atoms with Crippen LogP contribution in [0, 0.1) is 0 Å². The van der Waals surface area contributed by atoms with Crippen LogP contribution in [0.25, 0.3) is 10.9 Å². The summed E-state index contributed by atoms with van der Waals surface area (Å²) in [4.78, 5) is 19.9. The second kappa shape index (κ2) is 7.25. The Morgan fingerprint density at radius 3 is 2.32 bits per heavy atom. The number of aromatic amines is 1. The van der Waals surface area contributed by atoms with E-state index in [2.05, 4.69) is 9.97 Å². The Morgan fingerprint density at radius 2 is 1.68 bits per heavy atom. The lowest BCUT2D eigenvalue weighted by Crippen LogP contribution is -2.14. The number of H-pyrrole nitrogens is 1. The van der Waals surface area contributed by atoms with Gasteiger partial charge in [0, 0.05) is 6.42 Å². The highest BCUT2D eigenvalue weighted by Gasteiger charge is 2.19. The lowest BCUT2D eigenvalue weighted by atomic mass is 10.1. The minimum atomic E-state index is -0.229. The molecule has 0 bridgehead atoms. The number of methoxy groups -OCH3 is 3. The van der Waals surface area contributed by atoms with Gasteiger partial charge in [-0.2, -0.15) is 0 Å². The van der Waals surface area contributed by atoms with E-state index >= 15 is 0 Å². The van der Waals surface area contributed by atoms with Crippen LogP contribution in [0.3, 0.4) is 0 Å². The largest absolute Gasteiger partial charge is 0.493 e. The maximum atomic E-state index is 12.5. The van der Waals surface area contributed by atoms with Crippen molar-refractivity contribution in [1.82, 2.24) is 9.97 Å². The molecule has 6 heteroatoms. The smallest absolute Gasteiger partial charge is 0.259 e. The third-order valence-corrected chi connectivity index (χ3v) is 4.05. The van der Waals surface area contributed by atoms with Crippen LogP contribution in [0.15, 0.2) is 41.2 Å². The standard InChI is InChI=1S/C19H20N2O4/c1-23-14-11-13-16(18(25-3)17(14)24-2)20-15(21-19(13)22)10-9-12-7-5-4-6-8-12/h4-8,11H,9-10H2,1-3H3,(H,20,21,22). The van der Waals surface area contributed by atoms with Gasteiger partial charge in [-0.25, -0.2) is 4.98 Å². The molecule has 0 aliphatic carbocycles. The molecule has 6 nitrogen and oxygen atoms in total. The van der Waals surface area contributed by atoms with E-state index in [-0.39, 0.29) is 5.56 Å². The molecule has 0 saturated carbocycles. The fourth-order valence-corrected chi connectivity index (χ4v) is 2.81. The van der Waals surface area contributed by atoms with Gasteiger partial charge in [0.25, 0.3) is 5.56 Å². The summed E-state index contributed by atoms with van der Waals surface area (Å²) in [5.74, 6) is 1.84. The Bertz CT molecular complexity index is 936. The second-order valence-corrected chi connectivity index (χ2v) is 5.54. The summed E-state index contributed by atoms with van der Waals surface area (Å²) in [6.45, 7) is 0. The normalized spacial score (nSPS) is 10.7. The first kappa shape index (κ1) is 16.8. The van der Waals surface area contributed by atoms with Crippen LogP contribution in [-0.2, 0) is 12.8 Å². The number of nitrogens with one attached hydrogen (secondary N) is 1. The van der Waals surface area contributed by atoms with E-state index in [1.165, 1.54) is 26.9 Å². The predicted molar refractivity (Wildman–Crippen MR) is 95.9 cm³/mol. The van der Waals surface area contributed by atoms with E-state index < -0.39 is 0 Å². The highest BCUT2D eigenvalue weighted by molar-refractivity contribution is 5.89. The van der Waals surface area contributed by atoms with E-state index in [9.17, 15) is 4.79 Å². The van der Waals surface area contributed by atoms with Gasteiger partial charge in [0.2, 0.25) is 5.75 Å². The van der Waals surface area contributed by atoms with Gasteiger partial charge in [0.1, 0.15) is 11.3 Å². The fraction of sp³-hybridized carbons (Fsp3) is 0.263. The monoisotopic (exact) mass is 340 g/mol. The van der Waals surface area contributed by atoms with Crippen molar-refractivity contribution in [1.29, 1.82) is 0 Å². The third kappa shape index (κ3) is 3.28. The molecule has 0 atom stereocenters. The maximum absolute atomic E-state index is 12.5. The number of hydrogen-bond donors (Lipinski definition) is 1. The van der Waals surface area contributed by atoms with E-state index in [4.69, 9.17) is 14.2 Å². The van der Waals surface area contributed by atoms with E-state index in [1.807, 2.05) is 30.3 Å². The van der Waals surface area contributed by atoms with Crippen LogP contribution in [0.4, 0.5) is 0 Å². The lowest BCUT2D eigenvalue weighted by Gasteiger charge is -2.14. The van der Waals surface area contributed by atoms with Crippen molar-refractivity contribution in [3.63, 3.8) is 0 Å². The molecule has 0 aliphatic rings. The highest BCUT2D eigenvalue weighted by atomic mass is 16.5. The number of fused-ring (bicyclic) bond motifs is 1. The van der Waals surface area contributed by atoms with Crippen molar-refractivity contribution in [3.8, 4) is 17.2 Å². The summed E-state index contributed by atoms with van der Waals surface area (Å²) in [5.41, 5.74) is 1.42. The summed E-state index contributed by atoms with van der Waals surface area (Å²) in [5, 5.41) is 0.401. The Balaban J connectivity index is 2.06. The Kier molecular flexibility index (Phi) is 4.88. The molecule has 1 heterocycles. The fourth-order valence-electron chi connectivity index (χ4n) is 2.81. The Morgan fingerprint density at radius 1 is 0.960 bits per heavy atom. The summed E-state index contributed by atoms with van der Waals surface area (Å²) in [7, 11) is 4.55. The highest BCUT2D eigenvalue weighted by Crippen LogP contribution is 2.41. The molecule has 3 aromatic rings. The van der Waals surface area contributed by atoms with Crippen LogP contribution < -0.4 is 19.8 Å². The zero-order chi connectivity index (χ0) is 17.8. The number of nitrogens with zero attached hydrogens (tertiary/aromatic N) is 1. The van der Waals surface area contributed by atoms with E-state index in [0.29, 0.717) is 40.4 Å². The first-order valence-electron chi connectivity index (χ1n) is 7.93. The molecule has 0 aliphatic heterocycles. The molecule has 130 valence electrons. The summed E-state index contributed by atoms with van der Waals surface area (Å²) >= 11 is 0. The van der Waals surface area contributed by atoms with Gasteiger partial charge in [-0.15, -0.1) is 0 Å². The third-order valence-electron chi connectivity index (χ3n) is 4.05. The quantitative estimate of drug-likeness (QED) is 0.747. The van der Waals surface area contributed by atoms with Crippen molar-refractivity contribution in [2.24, 2.45) is 0 Å². The molecule has 25 heavy (non-hydrogen) atoms. The molecular weight excluding hydrogens is 320 g/mol. The first-order chi connectivity index (χ1) is 12.2. The van der Waals surface area contributed by atoms with Crippen LogP contribution in [0.5, 0.6) is 17.2 Å².